The molecule has 0 unspecified atom stereocenters. The second-order valence-electron chi connectivity index (χ2n) is 10.3. The van der Waals surface area contributed by atoms with Gasteiger partial charge in [-0.2, -0.15) is 8.78 Å². The molecular weight excluding hydrogens is 505 g/mol. The van der Waals surface area contributed by atoms with Crippen molar-refractivity contribution in [1.82, 2.24) is 5.32 Å². The summed E-state index contributed by atoms with van der Waals surface area (Å²) in [6, 6.07) is 12.4. The molecule has 0 atom stereocenters. The summed E-state index contributed by atoms with van der Waals surface area (Å²) in [5, 5.41) is 13.7. The fourth-order valence-corrected chi connectivity index (χ4v) is 4.96. The lowest BCUT2D eigenvalue weighted by atomic mass is 9.85. The first-order valence-corrected chi connectivity index (χ1v) is 13.6. The van der Waals surface area contributed by atoms with Crippen molar-refractivity contribution in [2.45, 2.75) is 76.4 Å². The van der Waals surface area contributed by atoms with Crippen LogP contribution in [-0.2, 0) is 4.79 Å². The molecule has 0 radical (unpaired) electrons. The molecule has 1 heterocycles. The van der Waals surface area contributed by atoms with E-state index in [0.717, 1.165) is 30.4 Å². The SMILES string of the molecule is CCCC(F)(F)Oc1ccc(/C2=C/C(C(=O)NCC3(O)CCCCC3)=N/C(c3cccc(F)c3)=C\CC2)cc1. The van der Waals surface area contributed by atoms with Crippen LogP contribution in [0.3, 0.4) is 0 Å². The summed E-state index contributed by atoms with van der Waals surface area (Å²) >= 11 is 0. The smallest absolute Gasteiger partial charge is 0.397 e. The predicted octanol–water partition coefficient (Wildman–Crippen LogP) is 7.07. The Bertz CT molecular complexity index is 1250. The van der Waals surface area contributed by atoms with Crippen molar-refractivity contribution in [2.24, 2.45) is 4.99 Å². The Morgan fingerprint density at radius 3 is 2.54 bits per heavy atom. The van der Waals surface area contributed by atoms with Crippen LogP contribution in [0.25, 0.3) is 11.3 Å². The van der Waals surface area contributed by atoms with Crippen molar-refractivity contribution in [2.75, 3.05) is 6.54 Å². The summed E-state index contributed by atoms with van der Waals surface area (Å²) in [5.41, 5.74) is 1.75. The van der Waals surface area contributed by atoms with E-state index in [2.05, 4.69) is 10.3 Å². The number of hydrogen-bond acceptors (Lipinski definition) is 4. The fraction of sp³-hybridized carbons (Fsp3) is 0.419. The molecule has 2 N–H and O–H groups in total. The Balaban J connectivity index is 1.61. The van der Waals surface area contributed by atoms with Crippen LogP contribution in [-0.4, -0.2) is 35.0 Å². The quantitative estimate of drug-likeness (QED) is 0.357. The Morgan fingerprint density at radius 2 is 1.85 bits per heavy atom. The third-order valence-corrected chi connectivity index (χ3v) is 7.05. The maximum atomic E-state index is 13.9. The summed E-state index contributed by atoms with van der Waals surface area (Å²) < 4.78 is 46.6. The molecule has 39 heavy (non-hydrogen) atoms. The molecule has 0 spiro atoms. The molecule has 1 fully saturated rings. The second kappa shape index (κ2) is 12.6. The summed E-state index contributed by atoms with van der Waals surface area (Å²) in [7, 11) is 0. The zero-order chi connectivity index (χ0) is 27.9. The topological polar surface area (TPSA) is 70.9 Å². The lowest BCUT2D eigenvalue weighted by Crippen LogP contribution is -2.45. The molecule has 1 aliphatic carbocycles. The van der Waals surface area contributed by atoms with E-state index >= 15 is 0 Å². The van der Waals surface area contributed by atoms with Crippen molar-refractivity contribution < 1.29 is 27.8 Å². The number of nitrogens with one attached hydrogen (secondary N) is 1. The van der Waals surface area contributed by atoms with Gasteiger partial charge in [0.15, 0.2) is 0 Å². The molecule has 2 aliphatic rings. The average Bonchev–Trinajstić information content (AvgIpc) is 2.88. The second-order valence-corrected chi connectivity index (χ2v) is 10.3. The normalized spacial score (nSPS) is 21.7. The zero-order valence-electron chi connectivity index (χ0n) is 22.2. The largest absolute Gasteiger partial charge is 0.433 e. The van der Waals surface area contributed by atoms with E-state index in [1.54, 1.807) is 37.3 Å². The van der Waals surface area contributed by atoms with Gasteiger partial charge in [-0.15, -0.1) is 0 Å². The van der Waals surface area contributed by atoms with E-state index in [4.69, 9.17) is 4.74 Å². The average molecular weight is 541 g/mol. The highest BCUT2D eigenvalue weighted by Gasteiger charge is 2.31. The molecule has 5 nitrogen and oxygen atoms in total. The number of rotatable bonds is 9. The highest BCUT2D eigenvalue weighted by molar-refractivity contribution is 6.45. The zero-order valence-corrected chi connectivity index (χ0v) is 22.2. The minimum atomic E-state index is -3.24. The molecule has 4 rings (SSSR count). The first kappa shape index (κ1) is 28.6. The van der Waals surface area contributed by atoms with Gasteiger partial charge >= 0.3 is 6.11 Å². The summed E-state index contributed by atoms with van der Waals surface area (Å²) in [6.07, 6.45) is 5.47. The molecule has 1 aliphatic heterocycles. The third kappa shape index (κ3) is 8.05. The van der Waals surface area contributed by atoms with Crippen LogP contribution < -0.4 is 10.1 Å². The predicted molar refractivity (Wildman–Crippen MR) is 147 cm³/mol. The first-order chi connectivity index (χ1) is 18.7. The van der Waals surface area contributed by atoms with Gasteiger partial charge in [0, 0.05) is 12.1 Å². The lowest BCUT2D eigenvalue weighted by Gasteiger charge is -2.32. The van der Waals surface area contributed by atoms with Crippen molar-refractivity contribution in [3.05, 3.63) is 77.6 Å². The Morgan fingerprint density at radius 1 is 1.10 bits per heavy atom. The van der Waals surface area contributed by atoms with Crippen molar-refractivity contribution in [3.63, 3.8) is 0 Å². The number of hydrogen-bond donors (Lipinski definition) is 2. The van der Waals surface area contributed by atoms with Gasteiger partial charge < -0.3 is 15.2 Å². The van der Waals surface area contributed by atoms with Crippen LogP contribution in [0.15, 0.2) is 65.7 Å². The number of ether oxygens (including phenoxy) is 1. The van der Waals surface area contributed by atoms with Crippen LogP contribution in [0.4, 0.5) is 13.2 Å². The number of nitrogens with zero attached hydrogens (tertiary/aromatic N) is 1. The van der Waals surface area contributed by atoms with E-state index < -0.39 is 23.4 Å². The summed E-state index contributed by atoms with van der Waals surface area (Å²) in [6.45, 7) is 1.78. The Hall–Kier alpha value is -3.39. The number of alkyl halides is 2. The molecule has 2 aromatic rings. The summed E-state index contributed by atoms with van der Waals surface area (Å²) in [5.74, 6) is -0.793. The molecule has 0 aromatic heterocycles. The van der Waals surface area contributed by atoms with Gasteiger partial charge in [0.25, 0.3) is 5.91 Å². The number of aliphatic hydroxyl groups is 1. The van der Waals surface area contributed by atoms with Gasteiger partial charge in [0.1, 0.15) is 17.3 Å². The standard InChI is InChI=1S/C31H35F3N2O3/c1-2-16-31(33,34)39-26-14-12-22(13-15-26)23-8-7-11-27(24-9-6-10-25(32)19-24)36-28(20-23)29(37)35-21-30(38)17-4-3-5-18-30/h6,9-15,19-20,38H,2-5,7-8,16-18,21H2,1H3,(H,35,37)/b23-20+,27-11-,36-28-. The van der Waals surface area contributed by atoms with Crippen molar-refractivity contribution in [1.29, 1.82) is 0 Å². The monoisotopic (exact) mass is 540 g/mol. The molecule has 1 amide bonds. The van der Waals surface area contributed by atoms with Crippen LogP contribution in [0.5, 0.6) is 5.75 Å². The number of benzene rings is 2. The first-order valence-electron chi connectivity index (χ1n) is 13.6. The number of carbonyl (C=O) groups excluding carboxylic acids is 1. The van der Waals surface area contributed by atoms with E-state index in [9.17, 15) is 23.1 Å². The van der Waals surface area contributed by atoms with E-state index in [0.29, 0.717) is 43.4 Å². The van der Waals surface area contributed by atoms with E-state index in [-0.39, 0.29) is 24.4 Å². The van der Waals surface area contributed by atoms with Crippen molar-refractivity contribution in [3.8, 4) is 5.75 Å². The molecule has 1 saturated carbocycles. The van der Waals surface area contributed by atoms with Crippen LogP contribution in [0.1, 0.15) is 75.8 Å². The Kier molecular flexibility index (Phi) is 9.28. The molecule has 2 aromatic carbocycles. The molecule has 0 saturated heterocycles. The van der Waals surface area contributed by atoms with Gasteiger partial charge in [0.05, 0.1) is 17.7 Å². The van der Waals surface area contributed by atoms with Gasteiger partial charge in [0.2, 0.25) is 0 Å². The minimum absolute atomic E-state index is 0.0595. The Labute approximate surface area is 227 Å². The maximum absolute atomic E-state index is 13.9. The maximum Gasteiger partial charge on any atom is 0.397 e. The van der Waals surface area contributed by atoms with E-state index in [1.807, 2.05) is 6.08 Å². The van der Waals surface area contributed by atoms with Crippen LogP contribution in [0, 0.1) is 5.82 Å². The van der Waals surface area contributed by atoms with E-state index in [1.165, 1.54) is 24.3 Å². The molecular formula is C31H35F3N2O3. The van der Waals surface area contributed by atoms with Crippen LogP contribution >= 0.6 is 0 Å². The number of aliphatic imine (C=N–C) groups is 1. The van der Waals surface area contributed by atoms with Gasteiger partial charge in [-0.1, -0.05) is 56.5 Å². The number of amides is 1. The fourth-order valence-electron chi connectivity index (χ4n) is 4.96. The highest BCUT2D eigenvalue weighted by Crippen LogP contribution is 2.31. The third-order valence-electron chi connectivity index (χ3n) is 7.05. The number of halogens is 3. The molecule has 208 valence electrons. The van der Waals surface area contributed by atoms with Crippen LogP contribution in [0.2, 0.25) is 0 Å². The van der Waals surface area contributed by atoms with Gasteiger partial charge in [-0.25, -0.2) is 9.38 Å². The van der Waals surface area contributed by atoms with Gasteiger partial charge in [-0.3, -0.25) is 4.79 Å². The highest BCUT2D eigenvalue weighted by atomic mass is 19.3. The molecule has 0 bridgehead atoms. The molecule has 8 heteroatoms. The number of allylic oxidation sites excluding steroid dienone is 2. The summed E-state index contributed by atoms with van der Waals surface area (Å²) in [4.78, 5) is 18.0. The minimum Gasteiger partial charge on any atom is -0.433 e. The number of carbonyl (C=O) groups is 1. The van der Waals surface area contributed by atoms with Gasteiger partial charge in [-0.05, 0) is 73.6 Å². The lowest BCUT2D eigenvalue weighted by molar-refractivity contribution is -0.180. The van der Waals surface area contributed by atoms with Crippen molar-refractivity contribution >= 4 is 22.9 Å².